The van der Waals surface area contributed by atoms with Crippen molar-refractivity contribution in [2.75, 3.05) is 45.8 Å². The van der Waals surface area contributed by atoms with Gasteiger partial charge in [0.05, 0.1) is 18.3 Å². The predicted molar refractivity (Wildman–Crippen MR) is 163 cm³/mol. The van der Waals surface area contributed by atoms with Gasteiger partial charge in [0.25, 0.3) is 0 Å². The Morgan fingerprint density at radius 3 is 2.72 bits per heavy atom. The molecule has 10 heteroatoms. The molecule has 1 aromatic carbocycles. The first kappa shape index (κ1) is 31.9. The zero-order chi connectivity index (χ0) is 30.3. The lowest BCUT2D eigenvalue weighted by molar-refractivity contribution is -0.139. The van der Waals surface area contributed by atoms with Crippen molar-refractivity contribution in [3.63, 3.8) is 0 Å². The first-order valence-electron chi connectivity index (χ1n) is 16.1. The summed E-state index contributed by atoms with van der Waals surface area (Å²) < 4.78 is 27.5. The fourth-order valence-electron chi connectivity index (χ4n) is 7.07. The van der Waals surface area contributed by atoms with E-state index in [0.717, 1.165) is 58.3 Å². The molecule has 0 bridgehead atoms. The molecule has 1 saturated heterocycles. The number of fused-ring (bicyclic) bond motifs is 1. The Hall–Kier alpha value is -2.50. The summed E-state index contributed by atoms with van der Waals surface area (Å²) in [4.78, 5) is 22.8. The largest absolute Gasteiger partial charge is 0.366 e. The minimum Gasteiger partial charge on any atom is -0.366 e. The molecule has 5 rings (SSSR count). The molecule has 8 nitrogen and oxygen atoms in total. The Balaban J connectivity index is 1.28. The molecule has 2 fully saturated rings. The van der Waals surface area contributed by atoms with Crippen molar-refractivity contribution in [1.29, 1.82) is 0 Å². The van der Waals surface area contributed by atoms with E-state index in [4.69, 9.17) is 10.7 Å². The maximum atomic E-state index is 13.8. The number of hydrogen-bond donors (Lipinski definition) is 4. The number of nitrogens with two attached hydrogens (primary N) is 1. The number of aliphatic hydroxyl groups is 1. The van der Waals surface area contributed by atoms with E-state index in [9.17, 15) is 18.7 Å². The quantitative estimate of drug-likeness (QED) is 0.219. The second-order valence-electron chi connectivity index (χ2n) is 12.7. The number of carbonyl (C=O) groups excluding carboxylic acids is 1. The van der Waals surface area contributed by atoms with Crippen LogP contribution in [-0.2, 0) is 16.9 Å². The molecule has 3 aliphatic rings. The highest BCUT2D eigenvalue weighted by atomic mass is 19.3. The predicted octanol–water partition coefficient (Wildman–Crippen LogP) is 3.56. The van der Waals surface area contributed by atoms with Crippen molar-refractivity contribution >= 4 is 5.91 Å². The summed E-state index contributed by atoms with van der Waals surface area (Å²) in [6.07, 6.45) is 6.85. The van der Waals surface area contributed by atoms with Crippen LogP contribution in [0, 0.1) is 5.92 Å². The van der Waals surface area contributed by atoms with Crippen LogP contribution in [0.4, 0.5) is 8.78 Å². The lowest BCUT2D eigenvalue weighted by Gasteiger charge is -2.43. The van der Waals surface area contributed by atoms with Crippen LogP contribution < -0.4 is 16.4 Å². The average molecular weight is 599 g/mol. The number of piperazine rings is 1. The van der Waals surface area contributed by atoms with Crippen LogP contribution in [0.2, 0.25) is 0 Å². The molecule has 0 spiro atoms. The molecular weight excluding hydrogens is 550 g/mol. The lowest BCUT2D eigenvalue weighted by Crippen LogP contribution is -2.61. The van der Waals surface area contributed by atoms with E-state index in [1.165, 1.54) is 11.3 Å². The van der Waals surface area contributed by atoms with Crippen LogP contribution in [0.1, 0.15) is 74.2 Å². The van der Waals surface area contributed by atoms with Gasteiger partial charge in [-0.1, -0.05) is 36.4 Å². The van der Waals surface area contributed by atoms with Gasteiger partial charge in [0.15, 0.2) is 5.72 Å². The van der Waals surface area contributed by atoms with E-state index >= 15 is 0 Å². The Kier molecular flexibility index (Phi) is 10.8. The summed E-state index contributed by atoms with van der Waals surface area (Å²) in [5.74, 6) is -3.60. The number of nitrogens with one attached hydrogen (secondary N) is 2. The highest BCUT2D eigenvalue weighted by Gasteiger charge is 2.41. The molecule has 2 aliphatic carbocycles. The van der Waals surface area contributed by atoms with Crippen LogP contribution >= 0.6 is 0 Å². The van der Waals surface area contributed by atoms with Crippen molar-refractivity contribution in [2.24, 2.45) is 11.7 Å². The number of nitrogens with zero attached hydrogens (tertiary/aromatic N) is 3. The molecule has 43 heavy (non-hydrogen) atoms. The topological polar surface area (TPSA) is 107 Å². The summed E-state index contributed by atoms with van der Waals surface area (Å²) in [7, 11) is 0. The maximum Gasteiger partial charge on any atom is 0.248 e. The number of β-amino-alcohol motifs (C(OH)–C–C–N with tert-alkyl or cyclic N) is 1. The number of amides is 1. The number of alkyl halides is 2. The molecular formula is C33H48F2N6O2. The monoisotopic (exact) mass is 598 g/mol. The summed E-state index contributed by atoms with van der Waals surface area (Å²) in [5.41, 5.74) is 7.32. The van der Waals surface area contributed by atoms with Crippen molar-refractivity contribution < 1.29 is 18.7 Å². The van der Waals surface area contributed by atoms with Crippen molar-refractivity contribution in [3.05, 3.63) is 65.5 Å². The van der Waals surface area contributed by atoms with Gasteiger partial charge in [-0.15, -0.1) is 0 Å². The van der Waals surface area contributed by atoms with E-state index in [-0.39, 0.29) is 50.2 Å². The van der Waals surface area contributed by atoms with Crippen LogP contribution in [0.25, 0.3) is 0 Å². The number of benzene rings is 1. The SMILES string of the molecule is NCCCCN(C[C@@H]1CN(CC(O)(NC(=O)C2CCC(F)(F)CC2)c2ccccc2)CCN1)[C@H]1CCCc2cccnc21. The third kappa shape index (κ3) is 8.36. The molecule has 236 valence electrons. The molecule has 1 saturated carbocycles. The molecule has 2 heterocycles. The van der Waals surface area contributed by atoms with Gasteiger partial charge in [-0.2, -0.15) is 0 Å². The number of hydrogen-bond acceptors (Lipinski definition) is 7. The fourth-order valence-corrected chi connectivity index (χ4v) is 7.07. The van der Waals surface area contributed by atoms with Crippen LogP contribution in [0.15, 0.2) is 48.7 Å². The molecule has 1 aliphatic heterocycles. The minimum atomic E-state index is -2.71. The Morgan fingerprint density at radius 1 is 1.16 bits per heavy atom. The van der Waals surface area contributed by atoms with Gasteiger partial charge in [-0.05, 0) is 69.7 Å². The van der Waals surface area contributed by atoms with Gasteiger partial charge in [-0.25, -0.2) is 8.78 Å². The van der Waals surface area contributed by atoms with Gasteiger partial charge in [0.2, 0.25) is 11.8 Å². The third-order valence-corrected chi connectivity index (χ3v) is 9.42. The van der Waals surface area contributed by atoms with Gasteiger partial charge in [0, 0.05) is 62.7 Å². The summed E-state index contributed by atoms with van der Waals surface area (Å²) in [6, 6.07) is 13.8. The summed E-state index contributed by atoms with van der Waals surface area (Å²) in [5, 5.41) is 18.6. The average Bonchev–Trinajstić information content (AvgIpc) is 3.01. The fraction of sp³-hybridized carbons (Fsp3) is 0.636. The van der Waals surface area contributed by atoms with Crippen molar-refractivity contribution in [2.45, 2.75) is 81.5 Å². The number of halogens is 2. The summed E-state index contributed by atoms with van der Waals surface area (Å²) >= 11 is 0. The highest BCUT2D eigenvalue weighted by molar-refractivity contribution is 5.79. The first-order valence-corrected chi connectivity index (χ1v) is 16.1. The molecule has 5 N–H and O–H groups in total. The van der Waals surface area contributed by atoms with Gasteiger partial charge in [-0.3, -0.25) is 19.6 Å². The van der Waals surface area contributed by atoms with Crippen molar-refractivity contribution in [1.82, 2.24) is 25.4 Å². The minimum absolute atomic E-state index is 0.124. The third-order valence-electron chi connectivity index (χ3n) is 9.42. The lowest BCUT2D eigenvalue weighted by atomic mass is 9.85. The normalized spacial score (nSPS) is 24.3. The van der Waals surface area contributed by atoms with Gasteiger partial charge in [0.1, 0.15) is 0 Å². The van der Waals surface area contributed by atoms with E-state index in [1.807, 2.05) is 42.6 Å². The number of carbonyl (C=O) groups is 1. The van der Waals surface area contributed by atoms with E-state index in [2.05, 4.69) is 26.5 Å². The first-order chi connectivity index (χ1) is 20.8. The maximum absolute atomic E-state index is 13.8. The number of aryl methyl sites for hydroxylation is 1. The summed E-state index contributed by atoms with van der Waals surface area (Å²) in [6.45, 7) is 4.86. The van der Waals surface area contributed by atoms with E-state index < -0.39 is 17.6 Å². The second-order valence-corrected chi connectivity index (χ2v) is 12.7. The van der Waals surface area contributed by atoms with E-state index in [1.54, 1.807) is 0 Å². The van der Waals surface area contributed by atoms with Crippen LogP contribution in [-0.4, -0.2) is 83.6 Å². The highest BCUT2D eigenvalue weighted by Crippen LogP contribution is 2.37. The Labute approximate surface area is 254 Å². The molecule has 1 aromatic heterocycles. The molecule has 3 atom stereocenters. The number of rotatable bonds is 12. The smallest absolute Gasteiger partial charge is 0.248 e. The standard InChI is InChI=1S/C33H48F2N6O2/c34-32(35)15-13-26(14-16-32)31(42)39-33(43,27-10-2-1-3-11-27)24-40-21-19-37-28(22-40)23-41(20-5-4-17-36)29-12-6-8-25-9-7-18-38-30(25)29/h1-3,7,9-11,18,26,28-29,37,43H,4-6,8,12-17,19-24,36H2,(H,39,42)/t28-,29-,33?/m0/s1. The molecule has 0 radical (unpaired) electrons. The Bertz CT molecular complexity index is 1180. The molecule has 1 amide bonds. The second kappa shape index (κ2) is 14.5. The number of pyridine rings is 1. The zero-order valence-corrected chi connectivity index (χ0v) is 25.2. The number of aromatic nitrogens is 1. The zero-order valence-electron chi connectivity index (χ0n) is 25.2. The van der Waals surface area contributed by atoms with Crippen LogP contribution in [0.3, 0.4) is 0 Å². The molecule has 1 unspecified atom stereocenters. The Morgan fingerprint density at radius 2 is 1.95 bits per heavy atom. The van der Waals surface area contributed by atoms with E-state index in [0.29, 0.717) is 18.7 Å². The van der Waals surface area contributed by atoms with Gasteiger partial charge < -0.3 is 21.5 Å². The number of unbranched alkanes of at least 4 members (excludes halogenated alkanes) is 1. The molecule has 2 aromatic rings. The van der Waals surface area contributed by atoms with Crippen LogP contribution in [0.5, 0.6) is 0 Å². The van der Waals surface area contributed by atoms with Gasteiger partial charge >= 0.3 is 0 Å². The van der Waals surface area contributed by atoms with Crippen molar-refractivity contribution in [3.8, 4) is 0 Å².